The summed E-state index contributed by atoms with van der Waals surface area (Å²) in [6.07, 6.45) is 1.59. The van der Waals surface area contributed by atoms with Crippen molar-refractivity contribution in [2.45, 2.75) is 20.1 Å². The number of halogens is 1. The maximum absolute atomic E-state index is 12.9. The highest BCUT2D eigenvalue weighted by molar-refractivity contribution is 6.32. The first-order valence-corrected chi connectivity index (χ1v) is 12.4. The summed E-state index contributed by atoms with van der Waals surface area (Å²) in [6, 6.07) is 26.5. The Hall–Kier alpha value is -4.29. The average molecular weight is 513 g/mol. The molecule has 4 aromatic carbocycles. The smallest absolute Gasteiger partial charge is 0.329 e. The van der Waals surface area contributed by atoms with Crippen LogP contribution in [0.4, 0.5) is 4.79 Å². The Balaban J connectivity index is 1.38. The van der Waals surface area contributed by atoms with Crippen molar-refractivity contribution in [3.05, 3.63) is 112 Å². The predicted molar refractivity (Wildman–Crippen MR) is 144 cm³/mol. The third-order valence-electron chi connectivity index (χ3n) is 6.04. The van der Waals surface area contributed by atoms with E-state index in [0.29, 0.717) is 35.3 Å². The number of rotatable bonds is 8. The molecule has 3 amide bonds. The SMILES string of the molecule is CCOc1cc(/C=C2/NC(=O)N(Cc3ccccc3)C2=O)cc(Cl)c1OCc1cccc2ccccc12. The van der Waals surface area contributed by atoms with E-state index in [9.17, 15) is 9.59 Å². The van der Waals surface area contributed by atoms with Crippen molar-refractivity contribution >= 4 is 40.4 Å². The van der Waals surface area contributed by atoms with Gasteiger partial charge in [0, 0.05) is 0 Å². The number of nitrogens with zero attached hydrogens (tertiary/aromatic N) is 1. The molecule has 6 nitrogen and oxygen atoms in total. The molecule has 0 spiro atoms. The molecule has 186 valence electrons. The van der Waals surface area contributed by atoms with Crippen LogP contribution in [0, 0.1) is 0 Å². The lowest BCUT2D eigenvalue weighted by molar-refractivity contribution is -0.123. The number of carbonyl (C=O) groups excluding carboxylic acids is 2. The summed E-state index contributed by atoms with van der Waals surface area (Å²) in [5.41, 5.74) is 2.67. The van der Waals surface area contributed by atoms with Gasteiger partial charge in [-0.3, -0.25) is 9.69 Å². The monoisotopic (exact) mass is 512 g/mol. The van der Waals surface area contributed by atoms with Crippen LogP contribution in [0.1, 0.15) is 23.6 Å². The lowest BCUT2D eigenvalue weighted by atomic mass is 10.1. The Bertz CT molecular complexity index is 1500. The lowest BCUT2D eigenvalue weighted by Crippen LogP contribution is -2.30. The molecule has 0 radical (unpaired) electrons. The van der Waals surface area contributed by atoms with Gasteiger partial charge in [0.2, 0.25) is 0 Å². The van der Waals surface area contributed by atoms with Crippen molar-refractivity contribution in [2.24, 2.45) is 0 Å². The number of carbonyl (C=O) groups is 2. The zero-order chi connectivity index (χ0) is 25.8. The van der Waals surface area contributed by atoms with Gasteiger partial charge in [0.05, 0.1) is 18.2 Å². The average Bonchev–Trinajstić information content (AvgIpc) is 3.16. The quantitative estimate of drug-likeness (QED) is 0.214. The minimum atomic E-state index is -0.466. The second kappa shape index (κ2) is 10.8. The highest BCUT2D eigenvalue weighted by Gasteiger charge is 2.33. The summed E-state index contributed by atoms with van der Waals surface area (Å²) in [6.45, 7) is 2.77. The molecule has 1 aliphatic heterocycles. The molecule has 1 fully saturated rings. The van der Waals surface area contributed by atoms with E-state index in [1.54, 1.807) is 18.2 Å². The number of ether oxygens (including phenoxy) is 2. The van der Waals surface area contributed by atoms with E-state index in [4.69, 9.17) is 21.1 Å². The van der Waals surface area contributed by atoms with Gasteiger partial charge in [0.15, 0.2) is 11.5 Å². The van der Waals surface area contributed by atoms with Gasteiger partial charge in [0.1, 0.15) is 12.3 Å². The fourth-order valence-electron chi connectivity index (χ4n) is 4.29. The molecule has 4 aromatic rings. The number of hydrogen-bond donors (Lipinski definition) is 1. The molecule has 7 heteroatoms. The molecule has 1 aliphatic rings. The van der Waals surface area contributed by atoms with Gasteiger partial charge in [0.25, 0.3) is 5.91 Å². The molecule has 37 heavy (non-hydrogen) atoms. The molecule has 0 bridgehead atoms. The molecule has 5 rings (SSSR count). The fraction of sp³-hybridized carbons (Fsp3) is 0.133. The lowest BCUT2D eigenvalue weighted by Gasteiger charge is -2.15. The second-order valence-corrected chi connectivity index (χ2v) is 8.96. The Kier molecular flexibility index (Phi) is 7.10. The van der Waals surface area contributed by atoms with Crippen molar-refractivity contribution in [3.8, 4) is 11.5 Å². The van der Waals surface area contributed by atoms with E-state index in [1.165, 1.54) is 4.90 Å². The number of nitrogens with one attached hydrogen (secondary N) is 1. The van der Waals surface area contributed by atoms with Crippen molar-refractivity contribution in [3.63, 3.8) is 0 Å². The molecule has 1 N–H and O–H groups in total. The normalized spacial score (nSPS) is 14.3. The zero-order valence-electron chi connectivity index (χ0n) is 20.2. The molecule has 0 aliphatic carbocycles. The molecule has 0 atom stereocenters. The van der Waals surface area contributed by atoms with Crippen LogP contribution in [-0.4, -0.2) is 23.4 Å². The summed E-state index contributed by atoms with van der Waals surface area (Å²) in [4.78, 5) is 26.6. The van der Waals surface area contributed by atoms with Crippen LogP contribution >= 0.6 is 11.6 Å². The van der Waals surface area contributed by atoms with E-state index in [2.05, 4.69) is 23.5 Å². The third-order valence-corrected chi connectivity index (χ3v) is 6.32. The number of fused-ring (bicyclic) bond motifs is 1. The molecule has 1 heterocycles. The molecular formula is C30H25ClN2O4. The topological polar surface area (TPSA) is 67.9 Å². The summed E-state index contributed by atoms with van der Waals surface area (Å²) in [5, 5.41) is 5.24. The summed E-state index contributed by atoms with van der Waals surface area (Å²) in [7, 11) is 0. The van der Waals surface area contributed by atoms with E-state index in [-0.39, 0.29) is 12.2 Å². The maximum atomic E-state index is 12.9. The fourth-order valence-corrected chi connectivity index (χ4v) is 4.56. The highest BCUT2D eigenvalue weighted by atomic mass is 35.5. The van der Waals surface area contributed by atoms with Crippen LogP contribution in [0.15, 0.2) is 90.6 Å². The molecular weight excluding hydrogens is 488 g/mol. The van der Waals surface area contributed by atoms with E-state index in [0.717, 1.165) is 21.9 Å². The number of hydrogen-bond acceptors (Lipinski definition) is 4. The van der Waals surface area contributed by atoms with Crippen LogP contribution in [0.5, 0.6) is 11.5 Å². The van der Waals surface area contributed by atoms with Crippen molar-refractivity contribution in [2.75, 3.05) is 6.61 Å². The maximum Gasteiger partial charge on any atom is 0.329 e. The van der Waals surface area contributed by atoms with Gasteiger partial charge in [-0.1, -0.05) is 84.4 Å². The molecule has 0 saturated carbocycles. The van der Waals surface area contributed by atoms with Crippen LogP contribution in [0.25, 0.3) is 16.8 Å². The van der Waals surface area contributed by atoms with E-state index < -0.39 is 11.9 Å². The number of benzene rings is 4. The van der Waals surface area contributed by atoms with Crippen molar-refractivity contribution < 1.29 is 19.1 Å². The van der Waals surface area contributed by atoms with E-state index >= 15 is 0 Å². The van der Waals surface area contributed by atoms with Gasteiger partial charge in [-0.25, -0.2) is 4.79 Å². The zero-order valence-corrected chi connectivity index (χ0v) is 21.0. The Morgan fingerprint density at radius 1 is 0.919 bits per heavy atom. The molecule has 1 saturated heterocycles. The van der Waals surface area contributed by atoms with Crippen LogP contribution < -0.4 is 14.8 Å². The predicted octanol–water partition coefficient (Wildman–Crippen LogP) is 6.56. The minimum Gasteiger partial charge on any atom is -0.490 e. The molecule has 0 unspecified atom stereocenters. The molecule has 0 aromatic heterocycles. The van der Waals surface area contributed by atoms with Crippen molar-refractivity contribution in [1.29, 1.82) is 0 Å². The number of imide groups is 1. The standard InChI is InChI=1S/C30H25ClN2O4/c1-2-36-27-17-21(16-26-29(34)33(30(35)32-26)18-20-9-4-3-5-10-20)15-25(31)28(27)37-19-23-13-8-12-22-11-6-7-14-24(22)23/h3-17H,2,18-19H2,1H3,(H,32,35)/b26-16+. The van der Waals surface area contributed by atoms with Crippen LogP contribution in [0.3, 0.4) is 0 Å². The van der Waals surface area contributed by atoms with Crippen LogP contribution in [0.2, 0.25) is 5.02 Å². The summed E-state index contributed by atoms with van der Waals surface area (Å²) in [5.74, 6) is 0.477. The minimum absolute atomic E-state index is 0.170. The number of amides is 3. The van der Waals surface area contributed by atoms with Gasteiger partial charge in [-0.05, 0) is 52.6 Å². The first kappa shape index (κ1) is 24.4. The first-order chi connectivity index (χ1) is 18.0. The second-order valence-electron chi connectivity index (χ2n) is 8.56. The van der Waals surface area contributed by atoms with Gasteiger partial charge < -0.3 is 14.8 Å². The first-order valence-electron chi connectivity index (χ1n) is 12.0. The Morgan fingerprint density at radius 3 is 2.49 bits per heavy atom. The Labute approximate surface area is 220 Å². The Morgan fingerprint density at radius 2 is 1.68 bits per heavy atom. The number of urea groups is 1. The highest BCUT2D eigenvalue weighted by Crippen LogP contribution is 2.38. The third kappa shape index (κ3) is 5.29. The summed E-state index contributed by atoms with van der Waals surface area (Å²) < 4.78 is 12.0. The largest absolute Gasteiger partial charge is 0.490 e. The van der Waals surface area contributed by atoms with Crippen molar-refractivity contribution in [1.82, 2.24) is 10.2 Å². The van der Waals surface area contributed by atoms with Gasteiger partial charge in [-0.2, -0.15) is 0 Å². The summed E-state index contributed by atoms with van der Waals surface area (Å²) >= 11 is 6.62. The van der Waals surface area contributed by atoms with E-state index in [1.807, 2.05) is 61.5 Å². The van der Waals surface area contributed by atoms with Gasteiger partial charge >= 0.3 is 6.03 Å². The van der Waals surface area contributed by atoms with Crippen LogP contribution in [-0.2, 0) is 17.9 Å². The van der Waals surface area contributed by atoms with Gasteiger partial charge in [-0.15, -0.1) is 0 Å².